The van der Waals surface area contributed by atoms with Crippen LogP contribution in [0.1, 0.15) is 38.8 Å². The number of nitrogens with one attached hydrogen (secondary N) is 1. The van der Waals surface area contributed by atoms with Crippen molar-refractivity contribution in [1.29, 1.82) is 0 Å². The fourth-order valence-electron chi connectivity index (χ4n) is 3.05. The minimum atomic E-state index is -0.338. The number of nitrogens with zero attached hydrogens (tertiary/aromatic N) is 1. The molecule has 126 valence electrons. The second-order valence-corrected chi connectivity index (χ2v) is 6.35. The van der Waals surface area contributed by atoms with Gasteiger partial charge in [-0.05, 0) is 30.5 Å². The molecule has 0 bridgehead atoms. The van der Waals surface area contributed by atoms with E-state index in [1.54, 1.807) is 12.0 Å². The van der Waals surface area contributed by atoms with Crippen LogP contribution in [0.3, 0.4) is 0 Å². The van der Waals surface area contributed by atoms with Crippen LogP contribution in [0.2, 0.25) is 0 Å². The van der Waals surface area contributed by atoms with E-state index >= 15 is 0 Å². The maximum atomic E-state index is 12.5. The summed E-state index contributed by atoms with van der Waals surface area (Å²) in [5.41, 5.74) is 0.975. The fourth-order valence-corrected chi connectivity index (χ4v) is 3.05. The minimum absolute atomic E-state index is 0.0381. The summed E-state index contributed by atoms with van der Waals surface area (Å²) >= 11 is 0. The quantitative estimate of drug-likeness (QED) is 0.876. The van der Waals surface area contributed by atoms with Gasteiger partial charge in [-0.15, -0.1) is 0 Å². The van der Waals surface area contributed by atoms with E-state index in [1.807, 2.05) is 31.2 Å². The molecule has 0 aliphatic carbocycles. The Kier molecular flexibility index (Phi) is 5.64. The van der Waals surface area contributed by atoms with Gasteiger partial charge >= 0.3 is 0 Å². The summed E-state index contributed by atoms with van der Waals surface area (Å²) in [6.07, 6.45) is 0.272. The third kappa shape index (κ3) is 3.84. The van der Waals surface area contributed by atoms with Crippen molar-refractivity contribution in [3.8, 4) is 5.75 Å². The molecule has 0 spiro atoms. The molecule has 5 nitrogen and oxygen atoms in total. The van der Waals surface area contributed by atoms with E-state index in [1.165, 1.54) is 0 Å². The molecule has 5 heteroatoms. The van der Waals surface area contributed by atoms with Crippen LogP contribution in [0.4, 0.5) is 0 Å². The topological polar surface area (TPSA) is 58.6 Å². The molecule has 1 saturated heterocycles. The van der Waals surface area contributed by atoms with Crippen molar-refractivity contribution in [1.82, 2.24) is 10.2 Å². The Morgan fingerprint density at radius 2 is 2.00 bits per heavy atom. The molecule has 1 aliphatic rings. The van der Waals surface area contributed by atoms with Crippen molar-refractivity contribution >= 4 is 11.8 Å². The predicted molar refractivity (Wildman–Crippen MR) is 89.1 cm³/mol. The van der Waals surface area contributed by atoms with Crippen LogP contribution < -0.4 is 10.1 Å². The van der Waals surface area contributed by atoms with E-state index in [9.17, 15) is 9.59 Å². The van der Waals surface area contributed by atoms with Gasteiger partial charge in [0.15, 0.2) is 0 Å². The van der Waals surface area contributed by atoms with Crippen molar-refractivity contribution in [2.45, 2.75) is 33.2 Å². The molecule has 2 amide bonds. The molecular formula is C18H26N2O3. The number of carbonyl (C=O) groups excluding carboxylic acids is 2. The molecule has 1 N–H and O–H groups in total. The molecule has 0 radical (unpaired) electrons. The van der Waals surface area contributed by atoms with Crippen LogP contribution in [0.25, 0.3) is 0 Å². The molecule has 23 heavy (non-hydrogen) atoms. The molecule has 1 fully saturated rings. The standard InChI is InChI=1S/C18H26N2O3/c1-5-20-16(21)10-15(18(22)19-11-12(2)3)17(20)13-6-8-14(23-4)9-7-13/h6-9,12,15,17H,5,10-11H2,1-4H3,(H,19,22)/t15-,17+/m1/s1. The maximum absolute atomic E-state index is 12.5. The van der Waals surface area contributed by atoms with Crippen molar-refractivity contribution in [2.24, 2.45) is 11.8 Å². The Morgan fingerprint density at radius 3 is 2.52 bits per heavy atom. The summed E-state index contributed by atoms with van der Waals surface area (Å²) in [5, 5.41) is 2.97. The number of benzene rings is 1. The van der Waals surface area contributed by atoms with Gasteiger partial charge in [-0.2, -0.15) is 0 Å². The number of rotatable bonds is 6. The van der Waals surface area contributed by atoms with Crippen LogP contribution in [0.5, 0.6) is 5.75 Å². The van der Waals surface area contributed by atoms with Gasteiger partial charge in [0.05, 0.1) is 19.1 Å². The van der Waals surface area contributed by atoms with Crippen LogP contribution >= 0.6 is 0 Å². The zero-order chi connectivity index (χ0) is 17.0. The van der Waals surface area contributed by atoms with E-state index in [-0.39, 0.29) is 30.2 Å². The lowest BCUT2D eigenvalue weighted by atomic mass is 9.92. The maximum Gasteiger partial charge on any atom is 0.226 e. The van der Waals surface area contributed by atoms with Gasteiger partial charge in [0, 0.05) is 19.5 Å². The first-order chi connectivity index (χ1) is 11.0. The smallest absolute Gasteiger partial charge is 0.226 e. The highest BCUT2D eigenvalue weighted by Gasteiger charge is 2.43. The molecule has 1 aromatic rings. The molecule has 1 heterocycles. The van der Waals surface area contributed by atoms with Crippen molar-refractivity contribution in [3.63, 3.8) is 0 Å². The molecule has 0 aromatic heterocycles. The predicted octanol–water partition coefficient (Wildman–Crippen LogP) is 2.38. The average Bonchev–Trinajstić information content (AvgIpc) is 2.89. The monoisotopic (exact) mass is 318 g/mol. The minimum Gasteiger partial charge on any atom is -0.497 e. The van der Waals surface area contributed by atoms with Crippen molar-refractivity contribution < 1.29 is 14.3 Å². The lowest BCUT2D eigenvalue weighted by Gasteiger charge is -2.27. The van der Waals surface area contributed by atoms with Crippen LogP contribution in [-0.2, 0) is 9.59 Å². The summed E-state index contributed by atoms with van der Waals surface area (Å²) in [6.45, 7) is 7.29. The van der Waals surface area contributed by atoms with E-state index in [0.29, 0.717) is 19.0 Å². The summed E-state index contributed by atoms with van der Waals surface area (Å²) in [7, 11) is 1.62. The molecule has 0 saturated carbocycles. The number of ether oxygens (including phenoxy) is 1. The summed E-state index contributed by atoms with van der Waals surface area (Å²) in [6, 6.07) is 7.41. The summed E-state index contributed by atoms with van der Waals surface area (Å²) in [5.74, 6) is 0.816. The van der Waals surface area contributed by atoms with E-state index in [0.717, 1.165) is 11.3 Å². The van der Waals surface area contributed by atoms with Crippen molar-refractivity contribution in [3.05, 3.63) is 29.8 Å². The molecule has 1 aromatic carbocycles. The lowest BCUT2D eigenvalue weighted by molar-refractivity contribution is -0.129. The normalized spacial score (nSPS) is 20.9. The number of likely N-dealkylation sites (tertiary alicyclic amines) is 1. The van der Waals surface area contributed by atoms with Gasteiger partial charge < -0.3 is 15.0 Å². The van der Waals surface area contributed by atoms with Crippen LogP contribution in [-0.4, -0.2) is 36.9 Å². The van der Waals surface area contributed by atoms with E-state index < -0.39 is 0 Å². The Morgan fingerprint density at radius 1 is 1.35 bits per heavy atom. The number of hydrogen-bond donors (Lipinski definition) is 1. The first-order valence-electron chi connectivity index (χ1n) is 8.19. The van der Waals surface area contributed by atoms with Gasteiger partial charge in [-0.1, -0.05) is 26.0 Å². The first kappa shape index (κ1) is 17.3. The molecule has 2 rings (SSSR count). The summed E-state index contributed by atoms with van der Waals surface area (Å²) < 4.78 is 5.19. The third-order valence-electron chi connectivity index (χ3n) is 4.25. The van der Waals surface area contributed by atoms with Crippen molar-refractivity contribution in [2.75, 3.05) is 20.2 Å². The molecule has 1 aliphatic heterocycles. The molecule has 0 unspecified atom stereocenters. The Labute approximate surface area is 138 Å². The Hall–Kier alpha value is -2.04. The van der Waals surface area contributed by atoms with Crippen LogP contribution in [0.15, 0.2) is 24.3 Å². The number of methoxy groups -OCH3 is 1. The highest BCUT2D eigenvalue weighted by atomic mass is 16.5. The SMILES string of the molecule is CCN1C(=O)C[C@@H](C(=O)NCC(C)C)[C@@H]1c1ccc(OC)cc1. The Balaban J connectivity index is 2.25. The second kappa shape index (κ2) is 7.49. The average molecular weight is 318 g/mol. The van der Waals surface area contributed by atoms with Gasteiger partial charge in [0.25, 0.3) is 0 Å². The molecule has 2 atom stereocenters. The summed E-state index contributed by atoms with van der Waals surface area (Å²) in [4.78, 5) is 26.6. The van der Waals surface area contributed by atoms with E-state index in [2.05, 4.69) is 19.2 Å². The number of carbonyl (C=O) groups is 2. The number of amides is 2. The largest absolute Gasteiger partial charge is 0.497 e. The van der Waals surface area contributed by atoms with Gasteiger partial charge in [0.1, 0.15) is 5.75 Å². The zero-order valence-electron chi connectivity index (χ0n) is 14.3. The second-order valence-electron chi connectivity index (χ2n) is 6.35. The number of hydrogen-bond acceptors (Lipinski definition) is 3. The Bertz CT molecular complexity index is 554. The van der Waals surface area contributed by atoms with Gasteiger partial charge in [-0.25, -0.2) is 0 Å². The lowest BCUT2D eigenvalue weighted by Crippen LogP contribution is -2.37. The van der Waals surface area contributed by atoms with Gasteiger partial charge in [0.2, 0.25) is 11.8 Å². The van der Waals surface area contributed by atoms with Gasteiger partial charge in [-0.3, -0.25) is 9.59 Å². The highest BCUT2D eigenvalue weighted by Crippen LogP contribution is 2.38. The third-order valence-corrected chi connectivity index (χ3v) is 4.25. The highest BCUT2D eigenvalue weighted by molar-refractivity contribution is 5.90. The first-order valence-corrected chi connectivity index (χ1v) is 8.19. The van der Waals surface area contributed by atoms with Crippen LogP contribution in [0, 0.1) is 11.8 Å². The zero-order valence-corrected chi connectivity index (χ0v) is 14.3. The fraction of sp³-hybridized carbons (Fsp3) is 0.556. The molecular weight excluding hydrogens is 292 g/mol. The van der Waals surface area contributed by atoms with E-state index in [4.69, 9.17) is 4.74 Å².